The Labute approximate surface area is 186 Å². The van der Waals surface area contributed by atoms with Gasteiger partial charge in [0.2, 0.25) is 11.8 Å². The molecule has 3 aromatic heterocycles. The van der Waals surface area contributed by atoms with E-state index >= 15 is 0 Å². The highest BCUT2D eigenvalue weighted by molar-refractivity contribution is 5.93. The number of H-pyrrole nitrogens is 1. The normalized spacial score (nSPS) is 17.9. The molecule has 1 unspecified atom stereocenters. The summed E-state index contributed by atoms with van der Waals surface area (Å²) in [4.78, 5) is 0. The van der Waals surface area contributed by atoms with Gasteiger partial charge in [-0.1, -0.05) is 13.0 Å². The predicted octanol–water partition coefficient (Wildman–Crippen LogP) is 4.36. The molecule has 1 aliphatic rings. The van der Waals surface area contributed by atoms with E-state index in [1.165, 1.54) is 0 Å². The van der Waals surface area contributed by atoms with Crippen LogP contribution < -0.4 is 9.47 Å². The van der Waals surface area contributed by atoms with Gasteiger partial charge in [0.15, 0.2) is 0 Å². The highest BCUT2D eigenvalue weighted by atomic mass is 16.5. The summed E-state index contributed by atoms with van der Waals surface area (Å²) in [5.74, 6) is 1.97. The van der Waals surface area contributed by atoms with Gasteiger partial charge < -0.3 is 9.47 Å². The lowest BCUT2D eigenvalue weighted by Crippen LogP contribution is -2.13. The summed E-state index contributed by atoms with van der Waals surface area (Å²) in [7, 11) is 3.83. The molecule has 2 bridgehead atoms. The third-order valence-electron chi connectivity index (χ3n) is 5.99. The zero-order chi connectivity index (χ0) is 22.2. The number of aryl methyl sites for hydroxylation is 3. The number of fused-ring (bicyclic) bond motifs is 4. The molecule has 1 N–H and O–H groups in total. The van der Waals surface area contributed by atoms with Crippen LogP contribution in [0.4, 0.5) is 0 Å². The lowest BCUT2D eigenvalue weighted by atomic mass is 10.1. The molecule has 0 radical (unpaired) electrons. The van der Waals surface area contributed by atoms with Crippen molar-refractivity contribution in [2.24, 2.45) is 20.0 Å². The molecular weight excluding hydrogens is 404 g/mol. The zero-order valence-corrected chi connectivity index (χ0v) is 18.9. The molecule has 0 spiro atoms. The maximum absolute atomic E-state index is 6.21. The van der Waals surface area contributed by atoms with Crippen LogP contribution in [-0.2, 0) is 14.1 Å². The van der Waals surface area contributed by atoms with Gasteiger partial charge >= 0.3 is 0 Å². The van der Waals surface area contributed by atoms with Crippen LogP contribution >= 0.6 is 0 Å². The average molecular weight is 433 g/mol. The van der Waals surface area contributed by atoms with E-state index in [9.17, 15) is 0 Å². The molecule has 166 valence electrons. The Morgan fingerprint density at radius 3 is 2.84 bits per heavy atom. The van der Waals surface area contributed by atoms with Crippen molar-refractivity contribution in [3.05, 3.63) is 41.3 Å². The van der Waals surface area contributed by atoms with Crippen molar-refractivity contribution in [1.29, 1.82) is 0 Å². The molecule has 8 nitrogen and oxygen atoms in total. The second kappa shape index (κ2) is 8.18. The highest BCUT2D eigenvalue weighted by Crippen LogP contribution is 2.33. The smallest absolute Gasteiger partial charge is 0.219 e. The Hall–Kier alpha value is -3.55. The van der Waals surface area contributed by atoms with E-state index in [0.717, 1.165) is 63.6 Å². The van der Waals surface area contributed by atoms with Gasteiger partial charge in [0.25, 0.3) is 0 Å². The summed E-state index contributed by atoms with van der Waals surface area (Å²) in [6.45, 7) is 5.47. The summed E-state index contributed by atoms with van der Waals surface area (Å²) in [5.41, 5.74) is 5.79. The van der Waals surface area contributed by atoms with Crippen LogP contribution in [-0.4, -0.2) is 43.0 Å². The van der Waals surface area contributed by atoms with E-state index < -0.39 is 0 Å². The minimum Gasteiger partial charge on any atom is -0.477 e. The van der Waals surface area contributed by atoms with Crippen LogP contribution in [0.1, 0.15) is 36.7 Å². The summed E-state index contributed by atoms with van der Waals surface area (Å²) >= 11 is 0. The zero-order valence-electron chi connectivity index (χ0n) is 18.9. The van der Waals surface area contributed by atoms with Gasteiger partial charge in [-0.3, -0.25) is 5.10 Å². The second-order valence-corrected chi connectivity index (χ2v) is 8.52. The lowest BCUT2D eigenvalue weighted by molar-refractivity contribution is 0.217. The molecule has 1 atom stereocenters. The fourth-order valence-electron chi connectivity index (χ4n) is 4.21. The Balaban J connectivity index is 1.62. The van der Waals surface area contributed by atoms with Crippen molar-refractivity contribution in [2.75, 3.05) is 13.2 Å². The SMILES string of the molecule is Cc1nn(C)c2c1/C=C/c1[nH]nc3ccc(cc13)-c1cnn(C)c1OCCCC(C)CO2. The van der Waals surface area contributed by atoms with Crippen molar-refractivity contribution in [3.8, 4) is 22.9 Å². The van der Waals surface area contributed by atoms with Crippen LogP contribution in [0.3, 0.4) is 0 Å². The molecule has 0 saturated carbocycles. The van der Waals surface area contributed by atoms with Crippen molar-refractivity contribution >= 4 is 23.1 Å². The number of aromatic amines is 1. The summed E-state index contributed by atoms with van der Waals surface area (Å²) in [6.07, 6.45) is 7.91. The number of benzene rings is 1. The molecule has 0 saturated heterocycles. The first kappa shape index (κ1) is 20.4. The van der Waals surface area contributed by atoms with Gasteiger partial charge in [-0.05, 0) is 55.5 Å². The largest absolute Gasteiger partial charge is 0.477 e. The van der Waals surface area contributed by atoms with Gasteiger partial charge in [0.1, 0.15) is 0 Å². The monoisotopic (exact) mass is 432 g/mol. The van der Waals surface area contributed by atoms with Gasteiger partial charge in [0.05, 0.1) is 47.4 Å². The van der Waals surface area contributed by atoms with E-state index in [4.69, 9.17) is 9.47 Å². The Morgan fingerprint density at radius 2 is 1.97 bits per heavy atom. The van der Waals surface area contributed by atoms with Gasteiger partial charge in [-0.15, -0.1) is 0 Å². The minimum absolute atomic E-state index is 0.398. The molecule has 4 heterocycles. The van der Waals surface area contributed by atoms with E-state index in [0.29, 0.717) is 19.1 Å². The van der Waals surface area contributed by atoms with E-state index in [1.807, 2.05) is 44.0 Å². The van der Waals surface area contributed by atoms with Crippen LogP contribution in [0.25, 0.3) is 34.2 Å². The molecule has 0 fully saturated rings. The molecule has 5 rings (SSSR count). The minimum atomic E-state index is 0.398. The molecule has 0 amide bonds. The fraction of sp³-hybridized carbons (Fsp3) is 0.375. The van der Waals surface area contributed by atoms with Gasteiger partial charge in [-0.2, -0.15) is 15.3 Å². The van der Waals surface area contributed by atoms with Crippen LogP contribution in [0.2, 0.25) is 0 Å². The van der Waals surface area contributed by atoms with Gasteiger partial charge in [-0.25, -0.2) is 9.36 Å². The molecule has 32 heavy (non-hydrogen) atoms. The average Bonchev–Trinajstić information content (AvgIpc) is 3.42. The van der Waals surface area contributed by atoms with Crippen LogP contribution in [0.5, 0.6) is 11.8 Å². The first-order valence-corrected chi connectivity index (χ1v) is 11.0. The number of ether oxygens (including phenoxy) is 2. The van der Waals surface area contributed by atoms with Crippen molar-refractivity contribution < 1.29 is 9.47 Å². The first-order valence-electron chi connectivity index (χ1n) is 11.0. The maximum atomic E-state index is 6.21. The number of hydrogen-bond acceptors (Lipinski definition) is 5. The second-order valence-electron chi connectivity index (χ2n) is 8.52. The fourth-order valence-corrected chi connectivity index (χ4v) is 4.21. The van der Waals surface area contributed by atoms with Crippen molar-refractivity contribution in [2.45, 2.75) is 26.7 Å². The third kappa shape index (κ3) is 3.66. The molecule has 1 aliphatic heterocycles. The quantitative estimate of drug-likeness (QED) is 0.446. The number of hydrogen-bond donors (Lipinski definition) is 1. The summed E-state index contributed by atoms with van der Waals surface area (Å²) in [6, 6.07) is 6.22. The number of aromatic nitrogens is 6. The van der Waals surface area contributed by atoms with Crippen LogP contribution in [0.15, 0.2) is 24.4 Å². The molecule has 1 aromatic carbocycles. The molecular formula is C24H28N6O2. The maximum Gasteiger partial charge on any atom is 0.219 e. The predicted molar refractivity (Wildman–Crippen MR) is 125 cm³/mol. The molecule has 4 aromatic rings. The Bertz CT molecular complexity index is 1300. The number of rotatable bonds is 0. The lowest BCUT2D eigenvalue weighted by Gasteiger charge is -2.14. The van der Waals surface area contributed by atoms with Crippen molar-refractivity contribution in [3.63, 3.8) is 0 Å². The third-order valence-corrected chi connectivity index (χ3v) is 5.99. The standard InChI is InChI=1S/C24H28N6O2/c1-15-6-5-11-31-24-20(13-25-29(24)3)17-7-9-21-19(12-17)22(27-26-21)10-8-18-16(2)28-30(4)23(18)32-14-15/h7-10,12-13,15H,5-6,11,14H2,1-4H3,(H,26,27)/b10-8+. The molecule has 0 aliphatic carbocycles. The van der Waals surface area contributed by atoms with E-state index in [-0.39, 0.29) is 0 Å². The van der Waals surface area contributed by atoms with Crippen molar-refractivity contribution in [1.82, 2.24) is 29.8 Å². The first-order chi connectivity index (χ1) is 15.5. The number of nitrogens with zero attached hydrogens (tertiary/aromatic N) is 5. The Morgan fingerprint density at radius 1 is 1.09 bits per heavy atom. The van der Waals surface area contributed by atoms with E-state index in [1.54, 1.807) is 4.68 Å². The van der Waals surface area contributed by atoms with Crippen LogP contribution in [0, 0.1) is 12.8 Å². The summed E-state index contributed by atoms with van der Waals surface area (Å²) < 4.78 is 16.0. The van der Waals surface area contributed by atoms with Gasteiger partial charge in [0, 0.05) is 19.5 Å². The Kier molecular flexibility index (Phi) is 5.20. The topological polar surface area (TPSA) is 82.8 Å². The van der Waals surface area contributed by atoms with E-state index in [2.05, 4.69) is 45.5 Å². The highest BCUT2D eigenvalue weighted by Gasteiger charge is 2.17. The number of nitrogens with one attached hydrogen (secondary N) is 1. The molecule has 8 heteroatoms. The summed E-state index contributed by atoms with van der Waals surface area (Å²) in [5, 5.41) is 17.7.